The van der Waals surface area contributed by atoms with Gasteiger partial charge in [-0.15, -0.1) is 0 Å². The second-order valence-corrected chi connectivity index (χ2v) is 7.82. The molecule has 1 heterocycles. The summed E-state index contributed by atoms with van der Waals surface area (Å²) in [6.45, 7) is 4.68. The largest absolute Gasteiger partial charge is 0.242 e. The van der Waals surface area contributed by atoms with Crippen LogP contribution in [-0.2, 0) is 10.0 Å². The average molecular weight is 323 g/mol. The summed E-state index contributed by atoms with van der Waals surface area (Å²) in [5.74, 6) is 0.460. The number of nitrogens with zero attached hydrogens (tertiary/aromatic N) is 1. The van der Waals surface area contributed by atoms with E-state index >= 15 is 0 Å². The van der Waals surface area contributed by atoms with Crippen molar-refractivity contribution in [2.75, 3.05) is 6.54 Å². The lowest BCUT2D eigenvalue weighted by molar-refractivity contribution is 0.357. The van der Waals surface area contributed by atoms with E-state index in [2.05, 4.69) is 23.6 Å². The molecule has 1 aromatic heterocycles. The van der Waals surface area contributed by atoms with Crippen LogP contribution in [0, 0.1) is 11.3 Å². The maximum absolute atomic E-state index is 12.1. The Balaban J connectivity index is 2.12. The summed E-state index contributed by atoms with van der Waals surface area (Å²) in [5, 5.41) is 0.232. The number of sulfonamides is 1. The Morgan fingerprint density at radius 2 is 2.05 bits per heavy atom. The fourth-order valence-corrected chi connectivity index (χ4v) is 3.43. The molecule has 7 heteroatoms. The molecule has 0 unspecified atom stereocenters. The average Bonchev–Trinajstić information content (AvgIpc) is 3.11. The molecule has 4 nitrogen and oxygen atoms in total. The van der Waals surface area contributed by atoms with Crippen LogP contribution >= 0.6 is 23.2 Å². The third kappa shape index (κ3) is 3.21. The molecule has 1 aliphatic rings. The Bertz CT molecular complexity index is 583. The van der Waals surface area contributed by atoms with Gasteiger partial charge >= 0.3 is 0 Å². The van der Waals surface area contributed by atoms with Crippen LogP contribution in [0.5, 0.6) is 0 Å². The normalized spacial score (nSPS) is 17.7. The van der Waals surface area contributed by atoms with Crippen LogP contribution in [0.25, 0.3) is 0 Å². The van der Waals surface area contributed by atoms with Crippen LogP contribution in [0.1, 0.15) is 26.7 Å². The zero-order valence-electron chi connectivity index (χ0n) is 10.8. The predicted molar refractivity (Wildman–Crippen MR) is 76.0 cm³/mol. The van der Waals surface area contributed by atoms with Crippen molar-refractivity contribution in [1.82, 2.24) is 9.71 Å². The summed E-state index contributed by atoms with van der Waals surface area (Å²) < 4.78 is 26.9. The number of rotatable bonds is 5. The molecule has 1 aromatic rings. The van der Waals surface area contributed by atoms with E-state index in [0.717, 1.165) is 12.8 Å². The number of hydrogen-bond acceptors (Lipinski definition) is 3. The molecule has 1 N–H and O–H groups in total. The lowest BCUT2D eigenvalue weighted by atomic mass is 9.93. The van der Waals surface area contributed by atoms with E-state index in [1.807, 2.05) is 0 Å². The smallest absolute Gasteiger partial charge is 0.242 e. The molecule has 0 atom stereocenters. The van der Waals surface area contributed by atoms with Crippen molar-refractivity contribution in [3.63, 3.8) is 0 Å². The first-order chi connectivity index (χ1) is 8.77. The van der Waals surface area contributed by atoms with E-state index in [1.54, 1.807) is 0 Å². The van der Waals surface area contributed by atoms with E-state index in [9.17, 15) is 8.42 Å². The monoisotopic (exact) mass is 322 g/mol. The topological polar surface area (TPSA) is 59.1 Å². The molecule has 0 saturated heterocycles. The first kappa shape index (κ1) is 15.0. The Morgan fingerprint density at radius 1 is 1.42 bits per heavy atom. The van der Waals surface area contributed by atoms with Crippen molar-refractivity contribution in [3.8, 4) is 0 Å². The van der Waals surface area contributed by atoms with Crippen molar-refractivity contribution in [2.24, 2.45) is 11.3 Å². The van der Waals surface area contributed by atoms with E-state index < -0.39 is 10.0 Å². The van der Waals surface area contributed by atoms with Gasteiger partial charge in [0.2, 0.25) is 10.0 Å². The number of pyridine rings is 1. The van der Waals surface area contributed by atoms with Gasteiger partial charge in [0.1, 0.15) is 10.0 Å². The molecule has 0 spiro atoms. The Labute approximate surface area is 123 Å². The molecule has 1 fully saturated rings. The lowest BCUT2D eigenvalue weighted by Gasteiger charge is -2.20. The summed E-state index contributed by atoms with van der Waals surface area (Å²) in [7, 11) is -3.58. The van der Waals surface area contributed by atoms with Gasteiger partial charge < -0.3 is 0 Å². The van der Waals surface area contributed by atoms with Crippen LogP contribution in [0.3, 0.4) is 0 Å². The quantitative estimate of drug-likeness (QED) is 0.847. The van der Waals surface area contributed by atoms with Gasteiger partial charge in [-0.25, -0.2) is 18.1 Å². The van der Waals surface area contributed by atoms with E-state index in [1.165, 1.54) is 12.3 Å². The lowest BCUT2D eigenvalue weighted by Crippen LogP contribution is -2.32. The fourth-order valence-electron chi connectivity index (χ4n) is 1.99. The van der Waals surface area contributed by atoms with Gasteiger partial charge in [0.25, 0.3) is 0 Å². The SMILES string of the molecule is CC(C)C1(CNS(=O)(=O)c2cnc(Cl)c(Cl)c2)CC1. The standard InChI is InChI=1S/C12H16Cl2N2O2S/c1-8(2)12(3-4-12)7-16-19(17,18)9-5-10(13)11(14)15-6-9/h5-6,8,16H,3-4,7H2,1-2H3. The van der Waals surface area contributed by atoms with Crippen molar-refractivity contribution >= 4 is 33.2 Å². The van der Waals surface area contributed by atoms with E-state index in [4.69, 9.17) is 23.2 Å². The van der Waals surface area contributed by atoms with Gasteiger partial charge in [-0.3, -0.25) is 0 Å². The molecule has 19 heavy (non-hydrogen) atoms. The third-order valence-corrected chi connectivity index (χ3v) is 5.87. The van der Waals surface area contributed by atoms with Crippen LogP contribution in [0.4, 0.5) is 0 Å². The van der Waals surface area contributed by atoms with Gasteiger partial charge in [0, 0.05) is 12.7 Å². The molecule has 0 aromatic carbocycles. The summed E-state index contributed by atoms with van der Waals surface area (Å²) in [4.78, 5) is 3.80. The highest BCUT2D eigenvalue weighted by atomic mass is 35.5. The number of halogens is 2. The van der Waals surface area contributed by atoms with Crippen LogP contribution < -0.4 is 4.72 Å². The van der Waals surface area contributed by atoms with Crippen molar-refractivity contribution in [2.45, 2.75) is 31.6 Å². The molecule has 106 valence electrons. The molecule has 1 saturated carbocycles. The van der Waals surface area contributed by atoms with Gasteiger partial charge in [0.05, 0.1) is 5.02 Å². The minimum Gasteiger partial charge on any atom is -0.242 e. The second kappa shape index (κ2) is 5.20. The maximum Gasteiger partial charge on any atom is 0.242 e. The van der Waals surface area contributed by atoms with Gasteiger partial charge in [-0.05, 0) is 30.2 Å². The molecule has 0 bridgehead atoms. The van der Waals surface area contributed by atoms with Crippen molar-refractivity contribution in [1.29, 1.82) is 0 Å². The highest BCUT2D eigenvalue weighted by molar-refractivity contribution is 7.89. The van der Waals surface area contributed by atoms with Gasteiger partial charge in [-0.2, -0.15) is 0 Å². The molecular formula is C12H16Cl2N2O2S. The first-order valence-electron chi connectivity index (χ1n) is 6.07. The number of hydrogen-bond donors (Lipinski definition) is 1. The molecule has 0 aliphatic heterocycles. The fraction of sp³-hybridized carbons (Fsp3) is 0.583. The zero-order valence-corrected chi connectivity index (χ0v) is 13.1. The van der Waals surface area contributed by atoms with Crippen LogP contribution in [0.15, 0.2) is 17.2 Å². The van der Waals surface area contributed by atoms with Crippen molar-refractivity contribution < 1.29 is 8.42 Å². The minimum atomic E-state index is -3.58. The predicted octanol–water partition coefficient (Wildman–Crippen LogP) is 3.10. The van der Waals surface area contributed by atoms with Gasteiger partial charge in [-0.1, -0.05) is 37.0 Å². The number of aromatic nitrogens is 1. The molecule has 2 rings (SSSR count). The molecular weight excluding hydrogens is 307 g/mol. The summed E-state index contributed by atoms with van der Waals surface area (Å²) >= 11 is 11.5. The summed E-state index contributed by atoms with van der Waals surface area (Å²) in [6, 6.07) is 1.31. The Morgan fingerprint density at radius 3 is 2.53 bits per heavy atom. The van der Waals surface area contributed by atoms with E-state index in [-0.39, 0.29) is 20.5 Å². The second-order valence-electron chi connectivity index (χ2n) is 5.29. The van der Waals surface area contributed by atoms with Crippen LogP contribution in [0.2, 0.25) is 10.2 Å². The summed E-state index contributed by atoms with van der Waals surface area (Å²) in [6.07, 6.45) is 3.34. The molecule has 0 amide bonds. The highest BCUT2D eigenvalue weighted by Gasteiger charge is 2.45. The number of nitrogens with one attached hydrogen (secondary N) is 1. The third-order valence-electron chi connectivity index (χ3n) is 3.81. The molecule has 1 aliphatic carbocycles. The first-order valence-corrected chi connectivity index (χ1v) is 8.31. The van der Waals surface area contributed by atoms with Gasteiger partial charge in [0.15, 0.2) is 0 Å². The van der Waals surface area contributed by atoms with Crippen LogP contribution in [-0.4, -0.2) is 19.9 Å². The summed E-state index contributed by atoms with van der Waals surface area (Å²) in [5.41, 5.74) is 0.108. The maximum atomic E-state index is 12.1. The van der Waals surface area contributed by atoms with E-state index in [0.29, 0.717) is 12.5 Å². The Kier molecular flexibility index (Phi) is 4.12. The molecule has 0 radical (unpaired) electrons. The Hall–Kier alpha value is -0.360. The van der Waals surface area contributed by atoms with Crippen molar-refractivity contribution in [3.05, 3.63) is 22.4 Å². The zero-order chi connectivity index (χ0) is 14.3. The minimum absolute atomic E-state index is 0.0430. The highest BCUT2D eigenvalue weighted by Crippen LogP contribution is 2.51.